The van der Waals surface area contributed by atoms with Crippen molar-refractivity contribution in [1.29, 1.82) is 0 Å². The summed E-state index contributed by atoms with van der Waals surface area (Å²) in [4.78, 5) is 11.3. The third kappa shape index (κ3) is 2.91. The van der Waals surface area contributed by atoms with Crippen molar-refractivity contribution in [3.05, 3.63) is 30.0 Å². The zero-order valence-corrected chi connectivity index (χ0v) is 10.5. The Morgan fingerprint density at radius 2 is 2.16 bits per heavy atom. The molecule has 6 heteroatoms. The molecule has 0 aliphatic carbocycles. The number of aliphatic hydroxyl groups is 2. The SMILES string of the molecule is CCOC(=O)CC(O)C(O)c1[nH]nc2ccccc12. The van der Waals surface area contributed by atoms with E-state index in [1.165, 1.54) is 0 Å². The van der Waals surface area contributed by atoms with E-state index in [1.54, 1.807) is 19.1 Å². The van der Waals surface area contributed by atoms with Crippen molar-refractivity contribution < 1.29 is 19.7 Å². The molecule has 19 heavy (non-hydrogen) atoms. The molecule has 1 aromatic heterocycles. The minimum Gasteiger partial charge on any atom is -0.466 e. The molecule has 0 saturated heterocycles. The number of carbonyl (C=O) groups is 1. The van der Waals surface area contributed by atoms with Gasteiger partial charge >= 0.3 is 5.97 Å². The molecule has 102 valence electrons. The lowest BCUT2D eigenvalue weighted by Crippen LogP contribution is -2.23. The maximum Gasteiger partial charge on any atom is 0.308 e. The van der Waals surface area contributed by atoms with Crippen LogP contribution >= 0.6 is 0 Å². The number of nitrogens with zero attached hydrogens (tertiary/aromatic N) is 1. The fourth-order valence-corrected chi connectivity index (χ4v) is 1.90. The number of aliphatic hydroxyl groups excluding tert-OH is 2. The van der Waals surface area contributed by atoms with E-state index in [-0.39, 0.29) is 13.0 Å². The number of para-hydroxylation sites is 1. The number of hydrogen-bond donors (Lipinski definition) is 3. The molecular formula is C13H16N2O4. The highest BCUT2D eigenvalue weighted by molar-refractivity contribution is 5.81. The van der Waals surface area contributed by atoms with Gasteiger partial charge < -0.3 is 14.9 Å². The number of H-pyrrole nitrogens is 1. The van der Waals surface area contributed by atoms with E-state index in [0.717, 1.165) is 5.39 Å². The van der Waals surface area contributed by atoms with Gasteiger partial charge in [0.15, 0.2) is 0 Å². The summed E-state index contributed by atoms with van der Waals surface area (Å²) >= 11 is 0. The van der Waals surface area contributed by atoms with Gasteiger partial charge in [-0.1, -0.05) is 18.2 Å². The zero-order valence-electron chi connectivity index (χ0n) is 10.5. The standard InChI is InChI=1S/C13H16N2O4/c1-2-19-11(17)7-10(16)13(18)12-8-5-3-4-6-9(8)14-15-12/h3-6,10,13,16,18H,2,7H2,1H3,(H,14,15). The smallest absolute Gasteiger partial charge is 0.308 e. The van der Waals surface area contributed by atoms with Crippen LogP contribution in [0, 0.1) is 0 Å². The maximum absolute atomic E-state index is 11.3. The van der Waals surface area contributed by atoms with Crippen LogP contribution in [0.15, 0.2) is 24.3 Å². The molecule has 0 bridgehead atoms. The Morgan fingerprint density at radius 3 is 2.89 bits per heavy atom. The first kappa shape index (κ1) is 13.5. The fraction of sp³-hybridized carbons (Fsp3) is 0.385. The summed E-state index contributed by atoms with van der Waals surface area (Å²) in [6, 6.07) is 7.22. The summed E-state index contributed by atoms with van der Waals surface area (Å²) in [6.07, 6.45) is -2.71. The molecule has 2 rings (SSSR count). The van der Waals surface area contributed by atoms with Gasteiger partial charge in [0.2, 0.25) is 0 Å². The Labute approximate surface area is 110 Å². The number of rotatable bonds is 5. The molecule has 0 saturated carbocycles. The van der Waals surface area contributed by atoms with Gasteiger partial charge in [0, 0.05) is 5.39 Å². The van der Waals surface area contributed by atoms with Crippen LogP contribution in [0.4, 0.5) is 0 Å². The first-order valence-corrected chi connectivity index (χ1v) is 6.08. The van der Waals surface area contributed by atoms with E-state index in [0.29, 0.717) is 11.2 Å². The average Bonchev–Trinajstić information content (AvgIpc) is 2.81. The summed E-state index contributed by atoms with van der Waals surface area (Å²) in [5.74, 6) is -0.544. The van der Waals surface area contributed by atoms with Gasteiger partial charge in [0.05, 0.1) is 30.3 Å². The summed E-state index contributed by atoms with van der Waals surface area (Å²) in [6.45, 7) is 1.93. The van der Waals surface area contributed by atoms with Crippen LogP contribution in [0.1, 0.15) is 25.1 Å². The molecule has 6 nitrogen and oxygen atoms in total. The third-order valence-electron chi connectivity index (χ3n) is 2.83. The fourth-order valence-electron chi connectivity index (χ4n) is 1.90. The molecule has 0 aliphatic rings. The Hall–Kier alpha value is -1.92. The molecule has 3 N–H and O–H groups in total. The van der Waals surface area contributed by atoms with Crippen molar-refractivity contribution in [2.45, 2.75) is 25.6 Å². The summed E-state index contributed by atoms with van der Waals surface area (Å²) in [5, 5.41) is 27.3. The lowest BCUT2D eigenvalue weighted by atomic mass is 10.0. The molecule has 2 atom stereocenters. The van der Waals surface area contributed by atoms with Gasteiger partial charge in [-0.15, -0.1) is 0 Å². The van der Waals surface area contributed by atoms with Gasteiger partial charge in [-0.2, -0.15) is 5.10 Å². The van der Waals surface area contributed by atoms with Crippen LogP contribution in [0.2, 0.25) is 0 Å². The van der Waals surface area contributed by atoms with E-state index in [1.807, 2.05) is 12.1 Å². The van der Waals surface area contributed by atoms with E-state index >= 15 is 0 Å². The van der Waals surface area contributed by atoms with Crippen molar-refractivity contribution in [2.24, 2.45) is 0 Å². The van der Waals surface area contributed by atoms with Crippen molar-refractivity contribution in [1.82, 2.24) is 10.2 Å². The minimum atomic E-state index is -1.23. The van der Waals surface area contributed by atoms with Gasteiger partial charge in [-0.3, -0.25) is 9.89 Å². The van der Waals surface area contributed by atoms with E-state index in [2.05, 4.69) is 10.2 Å². The zero-order chi connectivity index (χ0) is 13.8. The minimum absolute atomic E-state index is 0.245. The van der Waals surface area contributed by atoms with Crippen LogP contribution in [0.3, 0.4) is 0 Å². The predicted molar refractivity (Wildman–Crippen MR) is 68.3 cm³/mol. The lowest BCUT2D eigenvalue weighted by Gasteiger charge is -2.16. The highest BCUT2D eigenvalue weighted by atomic mass is 16.5. The Bertz CT molecular complexity index is 567. The van der Waals surface area contributed by atoms with Crippen molar-refractivity contribution in [3.8, 4) is 0 Å². The quantitative estimate of drug-likeness (QED) is 0.698. The monoisotopic (exact) mass is 264 g/mol. The van der Waals surface area contributed by atoms with Crippen LogP contribution in [-0.4, -0.2) is 39.1 Å². The molecule has 0 radical (unpaired) electrons. The molecule has 1 heterocycles. The molecular weight excluding hydrogens is 248 g/mol. The second-order valence-electron chi connectivity index (χ2n) is 4.18. The topological polar surface area (TPSA) is 95.4 Å². The van der Waals surface area contributed by atoms with Crippen molar-refractivity contribution >= 4 is 16.9 Å². The molecule has 2 aromatic rings. The largest absolute Gasteiger partial charge is 0.466 e. The van der Waals surface area contributed by atoms with E-state index < -0.39 is 18.2 Å². The number of fused-ring (bicyclic) bond motifs is 1. The molecule has 2 unspecified atom stereocenters. The Morgan fingerprint density at radius 1 is 1.42 bits per heavy atom. The number of esters is 1. The number of hydrogen-bond acceptors (Lipinski definition) is 5. The Balaban J connectivity index is 2.14. The first-order valence-electron chi connectivity index (χ1n) is 6.08. The van der Waals surface area contributed by atoms with Crippen LogP contribution < -0.4 is 0 Å². The van der Waals surface area contributed by atoms with Gasteiger partial charge in [0.1, 0.15) is 6.10 Å². The molecule has 0 aliphatic heterocycles. The second kappa shape index (κ2) is 5.81. The van der Waals surface area contributed by atoms with Crippen LogP contribution in [0.25, 0.3) is 10.9 Å². The van der Waals surface area contributed by atoms with Crippen LogP contribution in [-0.2, 0) is 9.53 Å². The van der Waals surface area contributed by atoms with Crippen molar-refractivity contribution in [3.63, 3.8) is 0 Å². The highest BCUT2D eigenvalue weighted by Gasteiger charge is 2.25. The molecule has 0 fully saturated rings. The number of carbonyl (C=O) groups excluding carboxylic acids is 1. The normalized spacial score (nSPS) is 14.3. The molecule has 1 aromatic carbocycles. The van der Waals surface area contributed by atoms with E-state index in [9.17, 15) is 15.0 Å². The average molecular weight is 264 g/mol. The highest BCUT2D eigenvalue weighted by Crippen LogP contribution is 2.25. The van der Waals surface area contributed by atoms with Crippen molar-refractivity contribution in [2.75, 3.05) is 6.61 Å². The summed E-state index contributed by atoms with van der Waals surface area (Å²) in [5.41, 5.74) is 1.09. The number of aromatic amines is 1. The summed E-state index contributed by atoms with van der Waals surface area (Å²) < 4.78 is 4.73. The lowest BCUT2D eigenvalue weighted by molar-refractivity contribution is -0.147. The Kier molecular flexibility index (Phi) is 4.13. The first-order chi connectivity index (χ1) is 9.13. The molecule has 0 amide bonds. The van der Waals surface area contributed by atoms with Crippen LogP contribution in [0.5, 0.6) is 0 Å². The predicted octanol–water partition coefficient (Wildman–Crippen LogP) is 0.910. The summed E-state index contributed by atoms with van der Waals surface area (Å²) in [7, 11) is 0. The number of aromatic nitrogens is 2. The number of ether oxygens (including phenoxy) is 1. The van der Waals surface area contributed by atoms with Gasteiger partial charge in [0.25, 0.3) is 0 Å². The molecule has 0 spiro atoms. The second-order valence-corrected chi connectivity index (χ2v) is 4.18. The van der Waals surface area contributed by atoms with Gasteiger partial charge in [-0.25, -0.2) is 0 Å². The maximum atomic E-state index is 11.3. The third-order valence-corrected chi connectivity index (χ3v) is 2.83. The van der Waals surface area contributed by atoms with Gasteiger partial charge in [-0.05, 0) is 13.0 Å². The number of nitrogens with one attached hydrogen (secondary N) is 1. The number of benzene rings is 1. The van der Waals surface area contributed by atoms with E-state index in [4.69, 9.17) is 4.74 Å².